The van der Waals surface area contributed by atoms with Crippen molar-refractivity contribution in [3.8, 4) is 0 Å². The van der Waals surface area contributed by atoms with Crippen LogP contribution in [0.4, 0.5) is 11.5 Å². The molecule has 1 aliphatic carbocycles. The molecule has 1 saturated heterocycles. The average Bonchev–Trinajstić information content (AvgIpc) is 3.72. The van der Waals surface area contributed by atoms with Crippen LogP contribution < -0.4 is 16.4 Å². The van der Waals surface area contributed by atoms with Gasteiger partial charge in [-0.15, -0.1) is 0 Å². The monoisotopic (exact) mass is 541 g/mol. The lowest BCUT2D eigenvalue weighted by Crippen LogP contribution is -2.52. The third kappa shape index (κ3) is 4.55. The van der Waals surface area contributed by atoms with Gasteiger partial charge in [0.15, 0.2) is 5.69 Å². The van der Waals surface area contributed by atoms with Gasteiger partial charge in [-0.3, -0.25) is 29.0 Å². The Labute approximate surface area is 228 Å². The molecule has 2 aliphatic rings. The number of carbonyl (C=O) groups is 4. The molecule has 2 bridgehead atoms. The number of aryl methyl sites for hydroxylation is 1. The van der Waals surface area contributed by atoms with Crippen molar-refractivity contribution >= 4 is 46.0 Å². The second-order valence-electron chi connectivity index (χ2n) is 10.2. The summed E-state index contributed by atoms with van der Waals surface area (Å²) in [6.45, 7) is 1.66. The smallest absolute Gasteiger partial charge is 0.269 e. The van der Waals surface area contributed by atoms with E-state index >= 15 is 0 Å². The maximum Gasteiger partial charge on any atom is 0.269 e. The molecule has 3 atom stereocenters. The minimum Gasteiger partial charge on any atom is -0.364 e. The summed E-state index contributed by atoms with van der Waals surface area (Å²) < 4.78 is 1.42. The predicted molar refractivity (Wildman–Crippen MR) is 144 cm³/mol. The van der Waals surface area contributed by atoms with Crippen molar-refractivity contribution < 1.29 is 19.2 Å². The van der Waals surface area contributed by atoms with Gasteiger partial charge in [0.2, 0.25) is 11.8 Å². The highest BCUT2D eigenvalue weighted by atomic mass is 16.2. The lowest BCUT2D eigenvalue weighted by Gasteiger charge is -2.34. The van der Waals surface area contributed by atoms with Gasteiger partial charge < -0.3 is 21.3 Å². The number of hydrogen-bond donors (Lipinski definition) is 4. The second kappa shape index (κ2) is 9.91. The highest BCUT2D eigenvalue weighted by molar-refractivity contribution is 6.08. The number of rotatable bonds is 7. The highest BCUT2D eigenvalue weighted by Gasteiger charge is 2.51. The molecule has 0 radical (unpaired) electrons. The number of likely N-dealkylation sites (tertiary alicyclic amines) is 1. The molecule has 0 unspecified atom stereocenters. The first-order valence-corrected chi connectivity index (χ1v) is 12.9. The summed E-state index contributed by atoms with van der Waals surface area (Å²) in [7, 11) is 0. The first-order valence-electron chi connectivity index (χ1n) is 12.9. The topological polar surface area (TPSA) is 181 Å². The summed E-state index contributed by atoms with van der Waals surface area (Å²) in [5.41, 5.74) is 7.61. The molecule has 40 heavy (non-hydrogen) atoms. The number of piperidine rings is 1. The van der Waals surface area contributed by atoms with Crippen LogP contribution in [0.2, 0.25) is 0 Å². The lowest BCUT2D eigenvalue weighted by atomic mass is 9.97. The maximum absolute atomic E-state index is 13.7. The van der Waals surface area contributed by atoms with Crippen molar-refractivity contribution in [2.75, 3.05) is 10.6 Å². The standard InChI is InChI=1S/C27H27N9O4/c1-14-3-2-4-21(31-14)33-27(40)24-15-5-7-18(9-15)36(24)22(37)13-35-20-8-6-17(10-19(20)23(34-35)25(28)38)32-26(39)16-11-29-30-12-16/h2-4,6,8,10-12,15,18,24H,5,7,9,13H2,1H3,(H2,28,38)(H,29,30)(H,32,39)(H,31,33,40)/t15-,18+,24-/m0/s1. The molecule has 13 nitrogen and oxygen atoms in total. The molecule has 3 aromatic heterocycles. The Bertz CT molecular complexity index is 1640. The largest absolute Gasteiger partial charge is 0.364 e. The number of nitrogens with two attached hydrogens (primary N) is 1. The molecule has 1 aliphatic heterocycles. The van der Waals surface area contributed by atoms with E-state index in [9.17, 15) is 19.2 Å². The maximum atomic E-state index is 13.7. The van der Waals surface area contributed by atoms with Crippen molar-refractivity contribution in [3.05, 3.63) is 65.7 Å². The van der Waals surface area contributed by atoms with E-state index in [1.165, 1.54) is 17.1 Å². The van der Waals surface area contributed by atoms with Crippen molar-refractivity contribution in [1.82, 2.24) is 29.9 Å². The van der Waals surface area contributed by atoms with Crippen molar-refractivity contribution in [2.24, 2.45) is 11.7 Å². The number of aromatic amines is 1. The zero-order valence-electron chi connectivity index (χ0n) is 21.6. The van der Waals surface area contributed by atoms with Crippen LogP contribution in [0.3, 0.4) is 0 Å². The summed E-state index contributed by atoms with van der Waals surface area (Å²) >= 11 is 0. The summed E-state index contributed by atoms with van der Waals surface area (Å²) in [5, 5.41) is 16.7. The van der Waals surface area contributed by atoms with Gasteiger partial charge in [-0.05, 0) is 62.4 Å². The first-order chi connectivity index (χ1) is 19.3. The van der Waals surface area contributed by atoms with Crippen LogP contribution in [0.1, 0.15) is 45.8 Å². The Hall–Kier alpha value is -5.07. The molecule has 4 amide bonds. The zero-order valence-corrected chi connectivity index (χ0v) is 21.6. The molecule has 6 rings (SSSR count). The number of benzene rings is 1. The number of fused-ring (bicyclic) bond motifs is 3. The number of amides is 4. The molecule has 5 N–H and O–H groups in total. The average molecular weight is 542 g/mol. The van der Waals surface area contributed by atoms with E-state index in [4.69, 9.17) is 5.73 Å². The molecule has 4 aromatic rings. The number of aromatic nitrogens is 5. The molecule has 13 heteroatoms. The molecule has 1 aromatic carbocycles. The van der Waals surface area contributed by atoms with Crippen LogP contribution in [0.5, 0.6) is 0 Å². The molecule has 1 saturated carbocycles. The minimum atomic E-state index is -0.766. The van der Waals surface area contributed by atoms with E-state index in [2.05, 4.69) is 30.9 Å². The first kappa shape index (κ1) is 25.2. The Morgan fingerprint density at radius 1 is 1.12 bits per heavy atom. The van der Waals surface area contributed by atoms with Crippen molar-refractivity contribution in [2.45, 2.75) is 44.8 Å². The van der Waals surface area contributed by atoms with Gasteiger partial charge in [-0.1, -0.05) is 6.07 Å². The SMILES string of the molecule is Cc1cccc(NC(=O)[C@@H]2[C@H]3CC[C@H](C3)N2C(=O)Cn2nc(C(N)=O)c3cc(NC(=O)c4cn[nH]c4)ccc32)n1. The number of hydrogen-bond acceptors (Lipinski definition) is 7. The quantitative estimate of drug-likeness (QED) is 0.275. The number of anilines is 2. The Kier molecular flexibility index (Phi) is 6.25. The molecule has 4 heterocycles. The lowest BCUT2D eigenvalue weighted by molar-refractivity contribution is -0.141. The molecular formula is C27H27N9O4. The fraction of sp³-hybridized carbons (Fsp3) is 0.296. The normalized spacial score (nSPS) is 19.6. The van der Waals surface area contributed by atoms with Gasteiger partial charge in [0.05, 0.1) is 17.3 Å². The Balaban J connectivity index is 1.25. The third-order valence-corrected chi connectivity index (χ3v) is 7.57. The zero-order chi connectivity index (χ0) is 28.0. The number of pyridine rings is 1. The van der Waals surface area contributed by atoms with Crippen LogP contribution in [0, 0.1) is 12.8 Å². The highest BCUT2D eigenvalue weighted by Crippen LogP contribution is 2.43. The fourth-order valence-electron chi connectivity index (χ4n) is 5.84. The van der Waals surface area contributed by atoms with E-state index in [0.717, 1.165) is 25.0 Å². The van der Waals surface area contributed by atoms with Gasteiger partial charge in [-0.25, -0.2) is 4.98 Å². The summed E-state index contributed by atoms with van der Waals surface area (Å²) in [6.07, 6.45) is 5.31. The van der Waals surface area contributed by atoms with Gasteiger partial charge in [0.1, 0.15) is 18.4 Å². The van der Waals surface area contributed by atoms with E-state index in [1.54, 1.807) is 29.2 Å². The van der Waals surface area contributed by atoms with Crippen LogP contribution >= 0.6 is 0 Å². The Morgan fingerprint density at radius 2 is 1.98 bits per heavy atom. The number of nitrogens with zero attached hydrogens (tertiary/aromatic N) is 5. The van der Waals surface area contributed by atoms with E-state index in [0.29, 0.717) is 28.0 Å². The van der Waals surface area contributed by atoms with E-state index in [-0.39, 0.29) is 41.9 Å². The van der Waals surface area contributed by atoms with Gasteiger partial charge in [0, 0.05) is 29.0 Å². The summed E-state index contributed by atoms with van der Waals surface area (Å²) in [5.74, 6) is -1.18. The third-order valence-electron chi connectivity index (χ3n) is 7.57. The number of nitrogens with one attached hydrogen (secondary N) is 3. The van der Waals surface area contributed by atoms with Crippen LogP contribution in [-0.4, -0.2) is 65.6 Å². The van der Waals surface area contributed by atoms with E-state index < -0.39 is 11.9 Å². The van der Waals surface area contributed by atoms with Gasteiger partial charge in [0.25, 0.3) is 11.8 Å². The summed E-state index contributed by atoms with van der Waals surface area (Å²) in [4.78, 5) is 57.7. The second-order valence-corrected chi connectivity index (χ2v) is 10.2. The number of primary amides is 1. The molecule has 204 valence electrons. The van der Waals surface area contributed by atoms with Crippen LogP contribution in [0.15, 0.2) is 48.8 Å². The predicted octanol–water partition coefficient (Wildman–Crippen LogP) is 1.83. The number of carbonyl (C=O) groups excluding carboxylic acids is 4. The van der Waals surface area contributed by atoms with E-state index in [1.807, 2.05) is 19.1 Å². The molecule has 0 spiro atoms. The van der Waals surface area contributed by atoms with Crippen molar-refractivity contribution in [3.63, 3.8) is 0 Å². The van der Waals surface area contributed by atoms with Gasteiger partial charge in [-0.2, -0.15) is 10.2 Å². The van der Waals surface area contributed by atoms with Crippen LogP contribution in [-0.2, 0) is 16.1 Å². The van der Waals surface area contributed by atoms with Crippen molar-refractivity contribution in [1.29, 1.82) is 0 Å². The molecule has 2 fully saturated rings. The minimum absolute atomic E-state index is 0.0232. The van der Waals surface area contributed by atoms with Gasteiger partial charge >= 0.3 is 0 Å². The fourth-order valence-corrected chi connectivity index (χ4v) is 5.84. The number of H-pyrrole nitrogens is 1. The van der Waals surface area contributed by atoms with Crippen LogP contribution in [0.25, 0.3) is 10.9 Å². The summed E-state index contributed by atoms with van der Waals surface area (Å²) in [6, 6.07) is 9.62. The Morgan fingerprint density at radius 3 is 2.73 bits per heavy atom. The molecular weight excluding hydrogens is 514 g/mol.